The van der Waals surface area contributed by atoms with Gasteiger partial charge in [0.1, 0.15) is 5.82 Å². The van der Waals surface area contributed by atoms with Gasteiger partial charge in [-0.15, -0.1) is 0 Å². The van der Waals surface area contributed by atoms with E-state index in [1.54, 1.807) is 6.20 Å². The van der Waals surface area contributed by atoms with Crippen LogP contribution in [0.4, 0.5) is 0 Å². The van der Waals surface area contributed by atoms with Gasteiger partial charge in [-0.25, -0.2) is 13.4 Å². The Hall–Kier alpha value is -0.880. The maximum absolute atomic E-state index is 11.3. The van der Waals surface area contributed by atoms with Crippen LogP contribution in [0.3, 0.4) is 0 Å². The van der Waals surface area contributed by atoms with E-state index in [0.29, 0.717) is 19.3 Å². The highest BCUT2D eigenvalue weighted by Crippen LogP contribution is 2.23. The zero-order chi connectivity index (χ0) is 12.5. The van der Waals surface area contributed by atoms with Crippen molar-refractivity contribution in [1.82, 2.24) is 9.55 Å². The zero-order valence-electron chi connectivity index (χ0n) is 9.91. The smallest absolute Gasteiger partial charge is 0.150 e. The number of hydrogen-bond donors (Lipinski definition) is 1. The zero-order valence-corrected chi connectivity index (χ0v) is 10.7. The van der Waals surface area contributed by atoms with Crippen molar-refractivity contribution in [1.29, 1.82) is 0 Å². The molecule has 1 fully saturated rings. The molecule has 0 saturated carbocycles. The van der Waals surface area contributed by atoms with E-state index in [4.69, 9.17) is 0 Å². The first-order chi connectivity index (χ1) is 7.96. The molecule has 1 N–H and O–H groups in total. The molecule has 1 aliphatic rings. The van der Waals surface area contributed by atoms with Gasteiger partial charge < -0.3 is 9.67 Å². The predicted molar refractivity (Wildman–Crippen MR) is 64.3 cm³/mol. The molecule has 2 atom stereocenters. The number of aryl methyl sites for hydroxylation is 1. The van der Waals surface area contributed by atoms with Gasteiger partial charge in [0.25, 0.3) is 0 Å². The molecule has 0 aliphatic carbocycles. The van der Waals surface area contributed by atoms with Crippen molar-refractivity contribution in [3.63, 3.8) is 0 Å². The molecule has 5 nitrogen and oxygen atoms in total. The van der Waals surface area contributed by atoms with Gasteiger partial charge in [0, 0.05) is 25.9 Å². The summed E-state index contributed by atoms with van der Waals surface area (Å²) < 4.78 is 24.5. The van der Waals surface area contributed by atoms with Crippen LogP contribution in [0.15, 0.2) is 12.4 Å². The van der Waals surface area contributed by atoms with Crippen LogP contribution in [0.25, 0.3) is 0 Å². The minimum atomic E-state index is -2.84. The lowest BCUT2D eigenvalue weighted by atomic mass is 9.99. The Morgan fingerprint density at radius 1 is 1.65 bits per heavy atom. The fraction of sp³-hybridized carbons (Fsp3) is 0.727. The monoisotopic (exact) mass is 258 g/mol. The molecule has 6 heteroatoms. The topological polar surface area (TPSA) is 72.2 Å². The minimum Gasteiger partial charge on any atom is -0.393 e. The Labute approximate surface area is 101 Å². The van der Waals surface area contributed by atoms with Crippen LogP contribution in [-0.2, 0) is 23.3 Å². The third-order valence-corrected chi connectivity index (χ3v) is 5.11. The molecule has 2 heterocycles. The standard InChI is InChI=1S/C11H18N2O3S/c1-13-4-3-12-11(13)7-10(14)6-9-2-5-17(15,16)8-9/h3-4,9-10,14H,2,5-8H2,1H3. The molecule has 1 aromatic rings. The van der Waals surface area contributed by atoms with E-state index < -0.39 is 15.9 Å². The Kier molecular flexibility index (Phi) is 3.53. The van der Waals surface area contributed by atoms with Crippen LogP contribution < -0.4 is 0 Å². The van der Waals surface area contributed by atoms with Gasteiger partial charge in [-0.05, 0) is 18.8 Å². The second kappa shape index (κ2) is 4.78. The van der Waals surface area contributed by atoms with Crippen molar-refractivity contribution in [2.45, 2.75) is 25.4 Å². The van der Waals surface area contributed by atoms with Crippen LogP contribution in [0.5, 0.6) is 0 Å². The van der Waals surface area contributed by atoms with E-state index in [9.17, 15) is 13.5 Å². The van der Waals surface area contributed by atoms with Crippen molar-refractivity contribution in [3.05, 3.63) is 18.2 Å². The molecule has 1 aromatic heterocycles. The number of imidazole rings is 1. The molecule has 96 valence electrons. The number of sulfone groups is 1. The van der Waals surface area contributed by atoms with Gasteiger partial charge in [0.05, 0.1) is 17.6 Å². The summed E-state index contributed by atoms with van der Waals surface area (Å²) in [6.07, 6.45) is 4.74. The Morgan fingerprint density at radius 2 is 2.41 bits per heavy atom. The molecule has 1 aliphatic heterocycles. The van der Waals surface area contributed by atoms with E-state index in [0.717, 1.165) is 5.82 Å². The van der Waals surface area contributed by atoms with Gasteiger partial charge >= 0.3 is 0 Å². The summed E-state index contributed by atoms with van der Waals surface area (Å²) in [5.41, 5.74) is 0. The van der Waals surface area contributed by atoms with E-state index in [1.807, 2.05) is 17.8 Å². The maximum atomic E-state index is 11.3. The van der Waals surface area contributed by atoms with Crippen LogP contribution in [0.1, 0.15) is 18.7 Å². The quantitative estimate of drug-likeness (QED) is 0.834. The average Bonchev–Trinajstić information content (AvgIpc) is 2.74. The Bertz CT molecular complexity index is 481. The predicted octanol–water partition coefficient (Wildman–Crippen LogP) is 0.148. The molecule has 2 unspecified atom stereocenters. The molecule has 0 spiro atoms. The number of aliphatic hydroxyl groups excluding tert-OH is 1. The van der Waals surface area contributed by atoms with E-state index >= 15 is 0 Å². The molecule has 0 amide bonds. The number of nitrogens with zero attached hydrogens (tertiary/aromatic N) is 2. The minimum absolute atomic E-state index is 0.107. The summed E-state index contributed by atoms with van der Waals surface area (Å²) in [6, 6.07) is 0. The van der Waals surface area contributed by atoms with Gasteiger partial charge in [-0.3, -0.25) is 0 Å². The number of hydrogen-bond acceptors (Lipinski definition) is 4. The number of aliphatic hydroxyl groups is 1. The lowest BCUT2D eigenvalue weighted by molar-refractivity contribution is 0.144. The van der Waals surface area contributed by atoms with Crippen LogP contribution in [0.2, 0.25) is 0 Å². The van der Waals surface area contributed by atoms with Crippen LogP contribution >= 0.6 is 0 Å². The summed E-state index contributed by atoms with van der Waals surface area (Å²) in [4.78, 5) is 4.14. The first-order valence-electron chi connectivity index (χ1n) is 5.81. The third kappa shape index (κ3) is 3.29. The maximum Gasteiger partial charge on any atom is 0.150 e. The van der Waals surface area contributed by atoms with Crippen molar-refractivity contribution in [3.8, 4) is 0 Å². The van der Waals surface area contributed by atoms with E-state index in [2.05, 4.69) is 4.98 Å². The lowest BCUT2D eigenvalue weighted by Crippen LogP contribution is -2.19. The van der Waals surface area contributed by atoms with Crippen molar-refractivity contribution in [2.75, 3.05) is 11.5 Å². The van der Waals surface area contributed by atoms with Gasteiger partial charge in [0.15, 0.2) is 9.84 Å². The van der Waals surface area contributed by atoms with Gasteiger partial charge in [-0.2, -0.15) is 0 Å². The summed E-state index contributed by atoms with van der Waals surface area (Å²) in [6.45, 7) is 0. The molecule has 0 radical (unpaired) electrons. The second-order valence-corrected chi connectivity index (χ2v) is 7.05. The third-order valence-electron chi connectivity index (χ3n) is 3.27. The SMILES string of the molecule is Cn1ccnc1CC(O)CC1CCS(=O)(=O)C1. The Morgan fingerprint density at radius 3 is 2.94 bits per heavy atom. The van der Waals surface area contributed by atoms with Gasteiger partial charge in [0.2, 0.25) is 0 Å². The number of aromatic nitrogens is 2. The fourth-order valence-electron chi connectivity index (χ4n) is 2.33. The largest absolute Gasteiger partial charge is 0.393 e. The highest BCUT2D eigenvalue weighted by molar-refractivity contribution is 7.91. The van der Waals surface area contributed by atoms with Crippen molar-refractivity contribution in [2.24, 2.45) is 13.0 Å². The summed E-state index contributed by atoms with van der Waals surface area (Å²) >= 11 is 0. The molecule has 2 rings (SSSR count). The van der Waals surface area contributed by atoms with Crippen LogP contribution in [-0.4, -0.2) is 40.7 Å². The summed E-state index contributed by atoms with van der Waals surface area (Å²) in [7, 11) is -0.959. The Balaban J connectivity index is 1.86. The van der Waals surface area contributed by atoms with Gasteiger partial charge in [-0.1, -0.05) is 0 Å². The van der Waals surface area contributed by atoms with E-state index in [-0.39, 0.29) is 17.4 Å². The molecular weight excluding hydrogens is 240 g/mol. The van der Waals surface area contributed by atoms with Crippen LogP contribution in [0, 0.1) is 5.92 Å². The van der Waals surface area contributed by atoms with Crippen molar-refractivity contribution >= 4 is 9.84 Å². The first-order valence-corrected chi connectivity index (χ1v) is 7.63. The first kappa shape index (κ1) is 12.6. The average molecular weight is 258 g/mol. The molecular formula is C11H18N2O3S. The normalized spacial score (nSPS) is 24.9. The summed E-state index contributed by atoms with van der Waals surface area (Å²) in [5, 5.41) is 9.93. The van der Waals surface area contributed by atoms with E-state index in [1.165, 1.54) is 0 Å². The highest BCUT2D eigenvalue weighted by atomic mass is 32.2. The number of rotatable bonds is 4. The second-order valence-electron chi connectivity index (χ2n) is 4.82. The fourth-order valence-corrected chi connectivity index (χ4v) is 4.21. The summed E-state index contributed by atoms with van der Waals surface area (Å²) in [5.74, 6) is 1.44. The molecule has 0 bridgehead atoms. The molecule has 1 saturated heterocycles. The molecule has 0 aromatic carbocycles. The lowest BCUT2D eigenvalue weighted by Gasteiger charge is -2.14. The molecule has 17 heavy (non-hydrogen) atoms. The van der Waals surface area contributed by atoms with Crippen molar-refractivity contribution < 1.29 is 13.5 Å². The highest BCUT2D eigenvalue weighted by Gasteiger charge is 2.29.